The second kappa shape index (κ2) is 7.07. The Bertz CT molecular complexity index is 610. The molecule has 1 aromatic carbocycles. The van der Waals surface area contributed by atoms with Gasteiger partial charge in [0.05, 0.1) is 21.8 Å². The Morgan fingerprint density at radius 2 is 2.36 bits per heavy atom. The Kier molecular flexibility index (Phi) is 4.90. The number of nitrogens with one attached hydrogen (secondary N) is 1. The summed E-state index contributed by atoms with van der Waals surface area (Å²) in [5, 5.41) is 4.68. The number of fused-ring (bicyclic) bond motifs is 1. The molecule has 1 N–H and O–H groups in total. The highest BCUT2D eigenvalue weighted by Gasteiger charge is 2.26. The van der Waals surface area contributed by atoms with Crippen LogP contribution in [0.4, 0.5) is 4.79 Å². The zero-order chi connectivity index (χ0) is 15.4. The number of amides is 1. The van der Waals surface area contributed by atoms with Gasteiger partial charge in [-0.1, -0.05) is 12.1 Å². The third-order valence-corrected chi connectivity index (χ3v) is 4.92. The van der Waals surface area contributed by atoms with Crippen molar-refractivity contribution < 1.29 is 9.53 Å². The maximum absolute atomic E-state index is 11.7. The van der Waals surface area contributed by atoms with Crippen LogP contribution in [0, 0.1) is 0 Å². The first kappa shape index (κ1) is 15.2. The van der Waals surface area contributed by atoms with Gasteiger partial charge in [-0.15, -0.1) is 11.3 Å². The van der Waals surface area contributed by atoms with Crippen LogP contribution in [0.5, 0.6) is 0 Å². The van der Waals surface area contributed by atoms with Crippen molar-refractivity contribution in [2.75, 3.05) is 26.2 Å². The van der Waals surface area contributed by atoms with Crippen molar-refractivity contribution in [2.24, 2.45) is 0 Å². The van der Waals surface area contributed by atoms with Crippen LogP contribution in [-0.2, 0) is 11.2 Å². The van der Waals surface area contributed by atoms with Crippen LogP contribution in [0.1, 0.15) is 18.4 Å². The van der Waals surface area contributed by atoms with Gasteiger partial charge in [-0.05, 0) is 25.5 Å². The molecule has 0 bridgehead atoms. The number of para-hydroxylation sites is 1. The van der Waals surface area contributed by atoms with Crippen LogP contribution in [0.2, 0.25) is 0 Å². The molecule has 1 aromatic heterocycles. The molecule has 1 saturated heterocycles. The van der Waals surface area contributed by atoms with Gasteiger partial charge in [0.25, 0.3) is 0 Å². The summed E-state index contributed by atoms with van der Waals surface area (Å²) >= 11 is 1.76. The van der Waals surface area contributed by atoms with E-state index in [1.165, 1.54) is 4.70 Å². The third-order valence-electron chi connectivity index (χ3n) is 3.82. The highest BCUT2D eigenvalue weighted by Crippen LogP contribution is 2.21. The van der Waals surface area contributed by atoms with Crippen LogP contribution >= 0.6 is 11.3 Å². The molecule has 2 heterocycles. The topological polar surface area (TPSA) is 54.5 Å². The first-order valence-corrected chi connectivity index (χ1v) is 8.57. The van der Waals surface area contributed by atoms with E-state index in [9.17, 15) is 4.79 Å². The van der Waals surface area contributed by atoms with Crippen LogP contribution in [-0.4, -0.2) is 48.3 Å². The number of rotatable bonds is 5. The zero-order valence-electron chi connectivity index (χ0n) is 12.7. The number of nitrogens with zero attached hydrogens (tertiary/aromatic N) is 2. The van der Waals surface area contributed by atoms with Gasteiger partial charge < -0.3 is 15.0 Å². The first-order chi connectivity index (χ1) is 10.8. The number of benzene rings is 1. The van der Waals surface area contributed by atoms with Crippen molar-refractivity contribution in [3.8, 4) is 0 Å². The fourth-order valence-corrected chi connectivity index (χ4v) is 3.68. The van der Waals surface area contributed by atoms with Gasteiger partial charge in [0.2, 0.25) is 0 Å². The highest BCUT2D eigenvalue weighted by atomic mass is 32.1. The molecule has 1 fully saturated rings. The maximum Gasteiger partial charge on any atom is 0.409 e. The van der Waals surface area contributed by atoms with E-state index < -0.39 is 0 Å². The van der Waals surface area contributed by atoms with Gasteiger partial charge >= 0.3 is 6.09 Å². The smallest absolute Gasteiger partial charge is 0.409 e. The molecule has 0 saturated carbocycles. The molecule has 5 nitrogen and oxygen atoms in total. The highest BCUT2D eigenvalue weighted by molar-refractivity contribution is 7.18. The second-order valence-corrected chi connectivity index (χ2v) is 6.53. The van der Waals surface area contributed by atoms with Gasteiger partial charge in [-0.3, -0.25) is 0 Å². The second-order valence-electron chi connectivity index (χ2n) is 5.41. The van der Waals surface area contributed by atoms with E-state index in [0.29, 0.717) is 12.6 Å². The quantitative estimate of drug-likeness (QED) is 0.920. The van der Waals surface area contributed by atoms with Crippen molar-refractivity contribution >= 4 is 27.6 Å². The Morgan fingerprint density at radius 3 is 3.18 bits per heavy atom. The Labute approximate surface area is 134 Å². The number of thiazole rings is 1. The van der Waals surface area contributed by atoms with E-state index in [4.69, 9.17) is 4.74 Å². The minimum absolute atomic E-state index is 0.196. The number of likely N-dealkylation sites (tertiary alicyclic amines) is 1. The van der Waals surface area contributed by atoms with Gasteiger partial charge in [0, 0.05) is 32.1 Å². The number of carbonyl (C=O) groups excluding carboxylic acids is 1. The van der Waals surface area contributed by atoms with Crippen molar-refractivity contribution in [3.05, 3.63) is 29.3 Å². The first-order valence-electron chi connectivity index (χ1n) is 7.76. The summed E-state index contributed by atoms with van der Waals surface area (Å²) in [6, 6.07) is 8.59. The Morgan fingerprint density at radius 1 is 1.50 bits per heavy atom. The molecule has 1 amide bonds. The van der Waals surface area contributed by atoms with E-state index in [-0.39, 0.29) is 6.09 Å². The molecule has 2 aromatic rings. The SMILES string of the molecule is CCOC(=O)N1CC[C@H](NCCc2nc3ccccc3s2)C1. The maximum atomic E-state index is 11.7. The number of ether oxygens (including phenoxy) is 1. The Balaban J connectivity index is 1.44. The molecule has 118 valence electrons. The molecule has 0 spiro atoms. The Hall–Kier alpha value is -1.66. The van der Waals surface area contributed by atoms with Crippen molar-refractivity contribution in [1.82, 2.24) is 15.2 Å². The van der Waals surface area contributed by atoms with Crippen molar-refractivity contribution in [1.29, 1.82) is 0 Å². The summed E-state index contributed by atoms with van der Waals surface area (Å²) in [5.41, 5.74) is 1.08. The molecule has 6 heteroatoms. The largest absolute Gasteiger partial charge is 0.450 e. The monoisotopic (exact) mass is 319 g/mol. The zero-order valence-corrected chi connectivity index (χ0v) is 13.6. The number of hydrogen-bond acceptors (Lipinski definition) is 5. The molecule has 0 aliphatic carbocycles. The number of aromatic nitrogens is 1. The molecule has 0 unspecified atom stereocenters. The lowest BCUT2D eigenvalue weighted by Crippen LogP contribution is -2.36. The summed E-state index contributed by atoms with van der Waals surface area (Å²) in [6.45, 7) is 4.67. The predicted octanol–water partition coefficient (Wildman–Crippen LogP) is 2.66. The van der Waals surface area contributed by atoms with Crippen LogP contribution in [0.25, 0.3) is 10.2 Å². The average Bonchev–Trinajstić information content (AvgIpc) is 3.13. The van der Waals surface area contributed by atoms with Crippen LogP contribution in [0.3, 0.4) is 0 Å². The summed E-state index contributed by atoms with van der Waals surface area (Å²) in [7, 11) is 0. The lowest BCUT2D eigenvalue weighted by atomic mass is 10.2. The standard InChI is InChI=1S/C16H21N3O2S/c1-2-21-16(20)19-10-8-12(11-19)17-9-7-15-18-13-5-3-4-6-14(13)22-15/h3-6,12,17H,2,7-11H2,1H3/t12-/m0/s1. The number of hydrogen-bond donors (Lipinski definition) is 1. The number of carbonyl (C=O) groups is 1. The average molecular weight is 319 g/mol. The van der Waals surface area contributed by atoms with Gasteiger partial charge in [-0.25, -0.2) is 9.78 Å². The van der Waals surface area contributed by atoms with Gasteiger partial charge in [-0.2, -0.15) is 0 Å². The van der Waals surface area contributed by atoms with E-state index in [1.54, 1.807) is 16.2 Å². The molecule has 22 heavy (non-hydrogen) atoms. The molecular formula is C16H21N3O2S. The summed E-state index contributed by atoms with van der Waals surface area (Å²) in [5.74, 6) is 0. The van der Waals surface area contributed by atoms with E-state index >= 15 is 0 Å². The minimum atomic E-state index is -0.196. The van der Waals surface area contributed by atoms with Crippen LogP contribution in [0.15, 0.2) is 24.3 Å². The lowest BCUT2D eigenvalue weighted by Gasteiger charge is -2.16. The molecule has 3 rings (SSSR count). The van der Waals surface area contributed by atoms with Gasteiger partial charge in [0.15, 0.2) is 0 Å². The van der Waals surface area contributed by atoms with E-state index in [1.807, 2.05) is 19.1 Å². The molecule has 1 aliphatic rings. The van der Waals surface area contributed by atoms with Crippen molar-refractivity contribution in [2.45, 2.75) is 25.8 Å². The summed E-state index contributed by atoms with van der Waals surface area (Å²) in [4.78, 5) is 18.1. The molecular weight excluding hydrogens is 298 g/mol. The lowest BCUT2D eigenvalue weighted by molar-refractivity contribution is 0.115. The summed E-state index contributed by atoms with van der Waals surface area (Å²) < 4.78 is 6.27. The fraction of sp³-hybridized carbons (Fsp3) is 0.500. The van der Waals surface area contributed by atoms with E-state index in [2.05, 4.69) is 22.4 Å². The van der Waals surface area contributed by atoms with Crippen LogP contribution < -0.4 is 5.32 Å². The predicted molar refractivity (Wildman–Crippen MR) is 88.3 cm³/mol. The van der Waals surface area contributed by atoms with Gasteiger partial charge in [0.1, 0.15) is 0 Å². The minimum Gasteiger partial charge on any atom is -0.450 e. The van der Waals surface area contributed by atoms with Crippen molar-refractivity contribution in [3.63, 3.8) is 0 Å². The van der Waals surface area contributed by atoms with E-state index in [0.717, 1.165) is 43.0 Å². The molecule has 1 aliphatic heterocycles. The molecule has 1 atom stereocenters. The normalized spacial score (nSPS) is 18.0. The third kappa shape index (κ3) is 3.56. The summed E-state index contributed by atoms with van der Waals surface area (Å²) in [6.07, 6.45) is 1.71. The molecule has 0 radical (unpaired) electrons. The fourth-order valence-electron chi connectivity index (χ4n) is 2.72.